The van der Waals surface area contributed by atoms with Crippen molar-refractivity contribution in [3.63, 3.8) is 0 Å². The van der Waals surface area contributed by atoms with Crippen LogP contribution >= 0.6 is 11.8 Å². The SMILES string of the molecule is CCC1CCC(c2ccc(OCCC[SiH](C)CCSC)cc2)CC1. The average molecular weight is 365 g/mol. The highest BCUT2D eigenvalue weighted by Crippen LogP contribution is 2.37. The van der Waals surface area contributed by atoms with Gasteiger partial charge in [0.1, 0.15) is 5.75 Å². The van der Waals surface area contributed by atoms with Gasteiger partial charge in [-0.3, -0.25) is 0 Å². The molecular weight excluding hydrogens is 328 g/mol. The van der Waals surface area contributed by atoms with Crippen molar-refractivity contribution < 1.29 is 4.74 Å². The highest BCUT2D eigenvalue weighted by molar-refractivity contribution is 7.98. The Morgan fingerprint density at radius 3 is 2.42 bits per heavy atom. The molecule has 0 N–H and O–H groups in total. The molecule has 1 unspecified atom stereocenters. The molecule has 24 heavy (non-hydrogen) atoms. The molecule has 0 spiro atoms. The van der Waals surface area contributed by atoms with Crippen molar-refractivity contribution >= 4 is 20.6 Å². The van der Waals surface area contributed by atoms with E-state index >= 15 is 0 Å². The topological polar surface area (TPSA) is 9.23 Å². The lowest BCUT2D eigenvalue weighted by molar-refractivity contribution is 0.313. The van der Waals surface area contributed by atoms with Gasteiger partial charge in [-0.1, -0.05) is 44.1 Å². The smallest absolute Gasteiger partial charge is 0.119 e. The lowest BCUT2D eigenvalue weighted by Crippen LogP contribution is -2.12. The number of hydrogen-bond acceptors (Lipinski definition) is 2. The number of hydrogen-bond donors (Lipinski definition) is 0. The van der Waals surface area contributed by atoms with Crippen LogP contribution in [-0.4, -0.2) is 27.4 Å². The fourth-order valence-electron chi connectivity index (χ4n) is 3.83. The van der Waals surface area contributed by atoms with Crippen LogP contribution in [0.4, 0.5) is 0 Å². The van der Waals surface area contributed by atoms with Crippen molar-refractivity contribution in [2.45, 2.75) is 70.0 Å². The van der Waals surface area contributed by atoms with E-state index in [0.29, 0.717) is 0 Å². The van der Waals surface area contributed by atoms with Gasteiger partial charge in [0.2, 0.25) is 0 Å². The molecule has 136 valence electrons. The normalized spacial score (nSPS) is 22.3. The zero-order valence-corrected chi connectivity index (χ0v) is 17.9. The summed E-state index contributed by atoms with van der Waals surface area (Å²) >= 11 is 1.98. The standard InChI is InChI=1S/C21H36OSSi/c1-4-18-6-8-19(9-7-18)20-10-12-21(13-11-20)22-14-5-16-24(3)17-15-23-2/h10-13,18-19,24H,4-9,14-17H2,1-3H3. The summed E-state index contributed by atoms with van der Waals surface area (Å²) in [5.74, 6) is 4.16. The molecule has 1 atom stereocenters. The molecule has 0 bridgehead atoms. The molecule has 1 aliphatic carbocycles. The Kier molecular flexibility index (Phi) is 9.33. The second-order valence-electron chi connectivity index (χ2n) is 7.57. The van der Waals surface area contributed by atoms with E-state index in [1.54, 1.807) is 0 Å². The van der Waals surface area contributed by atoms with E-state index in [0.717, 1.165) is 24.2 Å². The maximum absolute atomic E-state index is 5.95. The Morgan fingerprint density at radius 1 is 1.08 bits per heavy atom. The van der Waals surface area contributed by atoms with Crippen LogP contribution in [0.1, 0.15) is 56.9 Å². The first-order valence-corrected chi connectivity index (χ1v) is 14.1. The highest BCUT2D eigenvalue weighted by atomic mass is 32.2. The first kappa shape index (κ1) is 19.9. The van der Waals surface area contributed by atoms with E-state index in [1.807, 2.05) is 11.8 Å². The largest absolute Gasteiger partial charge is 0.494 e. The molecule has 2 rings (SSSR count). The minimum atomic E-state index is -0.482. The summed E-state index contributed by atoms with van der Waals surface area (Å²) in [6.45, 7) is 5.72. The molecule has 1 nitrogen and oxygen atoms in total. The van der Waals surface area contributed by atoms with Crippen LogP contribution in [-0.2, 0) is 0 Å². The lowest BCUT2D eigenvalue weighted by Gasteiger charge is -2.28. The van der Waals surface area contributed by atoms with Crippen LogP contribution in [0.2, 0.25) is 18.6 Å². The predicted molar refractivity (Wildman–Crippen MR) is 113 cm³/mol. The van der Waals surface area contributed by atoms with Gasteiger partial charge in [-0.05, 0) is 73.6 Å². The summed E-state index contributed by atoms with van der Waals surface area (Å²) < 4.78 is 5.95. The van der Waals surface area contributed by atoms with Gasteiger partial charge < -0.3 is 4.74 Å². The number of thioether (sulfide) groups is 1. The summed E-state index contributed by atoms with van der Waals surface area (Å²) in [6, 6.07) is 11.9. The molecule has 1 aliphatic rings. The maximum atomic E-state index is 5.95. The van der Waals surface area contributed by atoms with Crippen molar-refractivity contribution in [2.75, 3.05) is 18.6 Å². The van der Waals surface area contributed by atoms with Crippen LogP contribution < -0.4 is 4.74 Å². The number of ether oxygens (including phenoxy) is 1. The second kappa shape index (κ2) is 11.3. The molecule has 1 fully saturated rings. The Hall–Kier alpha value is -0.413. The molecule has 0 saturated heterocycles. The Balaban J connectivity index is 1.67. The van der Waals surface area contributed by atoms with E-state index in [2.05, 4.69) is 44.0 Å². The van der Waals surface area contributed by atoms with Crippen LogP contribution in [0.15, 0.2) is 24.3 Å². The highest BCUT2D eigenvalue weighted by Gasteiger charge is 2.21. The molecule has 0 amide bonds. The number of rotatable bonds is 10. The van der Waals surface area contributed by atoms with E-state index in [-0.39, 0.29) is 0 Å². The van der Waals surface area contributed by atoms with Crippen LogP contribution in [0.5, 0.6) is 5.75 Å². The fourth-order valence-corrected chi connectivity index (χ4v) is 7.53. The summed E-state index contributed by atoms with van der Waals surface area (Å²) in [4.78, 5) is 0. The van der Waals surface area contributed by atoms with Crippen LogP contribution in [0, 0.1) is 5.92 Å². The van der Waals surface area contributed by atoms with Gasteiger partial charge in [-0.15, -0.1) is 0 Å². The Bertz CT molecular complexity index is 440. The third-order valence-electron chi connectivity index (χ3n) is 5.70. The summed E-state index contributed by atoms with van der Waals surface area (Å²) in [7, 11) is -0.482. The average Bonchev–Trinajstić information content (AvgIpc) is 2.64. The monoisotopic (exact) mass is 364 g/mol. The zero-order chi connectivity index (χ0) is 17.2. The minimum absolute atomic E-state index is 0.482. The molecule has 1 aromatic rings. The molecule has 0 aliphatic heterocycles. The minimum Gasteiger partial charge on any atom is -0.494 e. The predicted octanol–water partition coefficient (Wildman–Crippen LogP) is 6.36. The maximum Gasteiger partial charge on any atom is 0.119 e. The van der Waals surface area contributed by atoms with Crippen molar-refractivity contribution in [2.24, 2.45) is 5.92 Å². The van der Waals surface area contributed by atoms with Gasteiger partial charge >= 0.3 is 0 Å². The van der Waals surface area contributed by atoms with E-state index in [4.69, 9.17) is 4.74 Å². The third-order valence-corrected chi connectivity index (χ3v) is 9.43. The summed E-state index contributed by atoms with van der Waals surface area (Å²) in [5, 5.41) is 0. The third kappa shape index (κ3) is 6.83. The van der Waals surface area contributed by atoms with E-state index in [1.165, 1.54) is 61.9 Å². The van der Waals surface area contributed by atoms with Crippen molar-refractivity contribution in [1.29, 1.82) is 0 Å². The zero-order valence-electron chi connectivity index (χ0n) is 15.9. The van der Waals surface area contributed by atoms with Crippen LogP contribution in [0.3, 0.4) is 0 Å². The summed E-state index contributed by atoms with van der Waals surface area (Å²) in [6.07, 6.45) is 10.4. The van der Waals surface area contributed by atoms with Gasteiger partial charge in [0.15, 0.2) is 0 Å². The van der Waals surface area contributed by atoms with Gasteiger partial charge in [0.05, 0.1) is 6.61 Å². The van der Waals surface area contributed by atoms with Gasteiger partial charge in [0.25, 0.3) is 0 Å². The molecule has 3 heteroatoms. The lowest BCUT2D eigenvalue weighted by atomic mass is 9.78. The van der Waals surface area contributed by atoms with E-state index < -0.39 is 8.80 Å². The summed E-state index contributed by atoms with van der Waals surface area (Å²) in [5.41, 5.74) is 1.52. The van der Waals surface area contributed by atoms with Gasteiger partial charge in [-0.25, -0.2) is 0 Å². The molecule has 1 aromatic carbocycles. The van der Waals surface area contributed by atoms with Gasteiger partial charge in [-0.2, -0.15) is 11.8 Å². The second-order valence-corrected chi connectivity index (χ2v) is 11.9. The van der Waals surface area contributed by atoms with Gasteiger partial charge in [0, 0.05) is 8.80 Å². The molecule has 0 radical (unpaired) electrons. The van der Waals surface area contributed by atoms with Crippen molar-refractivity contribution in [3.8, 4) is 5.75 Å². The first-order chi connectivity index (χ1) is 11.7. The van der Waals surface area contributed by atoms with Crippen LogP contribution in [0.25, 0.3) is 0 Å². The Morgan fingerprint density at radius 2 is 1.79 bits per heavy atom. The quantitative estimate of drug-likeness (QED) is 0.353. The fraction of sp³-hybridized carbons (Fsp3) is 0.714. The Labute approximate surface area is 155 Å². The first-order valence-electron chi connectivity index (χ1n) is 9.94. The van der Waals surface area contributed by atoms with E-state index in [9.17, 15) is 0 Å². The molecule has 1 saturated carbocycles. The molecule has 0 heterocycles. The number of benzene rings is 1. The molecular formula is C21H36OSSi. The van der Waals surface area contributed by atoms with Crippen molar-refractivity contribution in [1.82, 2.24) is 0 Å². The van der Waals surface area contributed by atoms with Crippen molar-refractivity contribution in [3.05, 3.63) is 29.8 Å². The molecule has 0 aromatic heterocycles.